The molecule has 4 rings (SSSR count). The maximum Gasteiger partial charge on any atom is 0.194 e. The smallest absolute Gasteiger partial charge is 0.194 e. The number of nitrogens with one attached hydrogen (secondary N) is 1. The van der Waals surface area contributed by atoms with Crippen LogP contribution in [0, 0.1) is 12.7 Å². The zero-order chi connectivity index (χ0) is 22.0. The third-order valence-corrected chi connectivity index (χ3v) is 6.29. The van der Waals surface area contributed by atoms with E-state index in [1.54, 1.807) is 6.92 Å². The molecule has 2 aromatic carbocycles. The first-order chi connectivity index (χ1) is 15.0. The van der Waals surface area contributed by atoms with Gasteiger partial charge >= 0.3 is 0 Å². The van der Waals surface area contributed by atoms with Crippen LogP contribution in [0.2, 0.25) is 0 Å². The summed E-state index contributed by atoms with van der Waals surface area (Å²) in [5.74, 6) is -0.268. The van der Waals surface area contributed by atoms with Crippen molar-refractivity contribution in [1.82, 2.24) is 4.57 Å². The van der Waals surface area contributed by atoms with Gasteiger partial charge in [0.2, 0.25) is 0 Å². The molecule has 0 radical (unpaired) electrons. The summed E-state index contributed by atoms with van der Waals surface area (Å²) in [5, 5.41) is 3.41. The lowest BCUT2D eigenvalue weighted by Crippen LogP contribution is -2.19. The lowest BCUT2D eigenvalue weighted by Gasteiger charge is -2.23. The van der Waals surface area contributed by atoms with Gasteiger partial charge in [-0.05, 0) is 38.2 Å². The minimum atomic E-state index is -0.621. The third kappa shape index (κ3) is 3.99. The molecular formula is C25H30FN3O2. The molecule has 5 nitrogen and oxygen atoms in total. The minimum absolute atomic E-state index is 0.109. The van der Waals surface area contributed by atoms with Gasteiger partial charge in [-0.2, -0.15) is 0 Å². The first kappa shape index (κ1) is 21.2. The van der Waals surface area contributed by atoms with Gasteiger partial charge in [0.25, 0.3) is 0 Å². The molecule has 1 aliphatic rings. The SMILES string of the molecule is COc1c(NCCCc2ccccc2)c(F)c(N)c2c(=O)c(C)cn(C3CCCC3)c12. The fourth-order valence-electron chi connectivity index (χ4n) is 4.69. The van der Waals surface area contributed by atoms with Crippen LogP contribution in [-0.4, -0.2) is 18.2 Å². The summed E-state index contributed by atoms with van der Waals surface area (Å²) in [7, 11) is 1.52. The molecule has 164 valence electrons. The topological polar surface area (TPSA) is 69.3 Å². The second-order valence-electron chi connectivity index (χ2n) is 8.36. The van der Waals surface area contributed by atoms with Crippen LogP contribution in [0.4, 0.5) is 15.8 Å². The third-order valence-electron chi connectivity index (χ3n) is 6.29. The highest BCUT2D eigenvalue weighted by atomic mass is 19.1. The molecule has 1 saturated carbocycles. The van der Waals surface area contributed by atoms with Gasteiger partial charge in [-0.25, -0.2) is 4.39 Å². The molecule has 0 aliphatic heterocycles. The maximum atomic E-state index is 15.3. The Kier molecular flexibility index (Phi) is 6.16. The van der Waals surface area contributed by atoms with E-state index in [1.807, 2.05) is 24.4 Å². The normalized spacial score (nSPS) is 14.3. The number of fused-ring (bicyclic) bond motifs is 1. The van der Waals surface area contributed by atoms with E-state index in [0.717, 1.165) is 38.5 Å². The predicted molar refractivity (Wildman–Crippen MR) is 125 cm³/mol. The minimum Gasteiger partial charge on any atom is -0.492 e. The standard InChI is InChI=1S/C25H30FN3O2/c1-16-15-29(18-12-6-7-13-18)23-19(24(16)30)21(27)20(26)22(25(23)31-2)28-14-8-11-17-9-4-3-5-10-17/h3-5,9-10,15,18,28H,6-8,11-14,27H2,1-2H3. The zero-order valence-electron chi connectivity index (χ0n) is 18.2. The Balaban J connectivity index is 1.75. The number of ether oxygens (including phenoxy) is 1. The molecule has 3 N–H and O–H groups in total. The molecule has 0 amide bonds. The molecule has 0 saturated heterocycles. The Morgan fingerprint density at radius 3 is 2.61 bits per heavy atom. The number of hydrogen-bond acceptors (Lipinski definition) is 4. The van der Waals surface area contributed by atoms with Crippen LogP contribution in [0.15, 0.2) is 41.3 Å². The van der Waals surface area contributed by atoms with Crippen molar-refractivity contribution in [1.29, 1.82) is 0 Å². The van der Waals surface area contributed by atoms with E-state index >= 15 is 4.39 Å². The van der Waals surface area contributed by atoms with Crippen LogP contribution in [0.25, 0.3) is 10.9 Å². The summed E-state index contributed by atoms with van der Waals surface area (Å²) in [5.41, 5.74) is 8.47. The molecule has 6 heteroatoms. The largest absolute Gasteiger partial charge is 0.492 e. The number of methoxy groups -OCH3 is 1. The number of halogens is 1. The van der Waals surface area contributed by atoms with Crippen LogP contribution in [-0.2, 0) is 6.42 Å². The summed E-state index contributed by atoms with van der Waals surface area (Å²) in [6.07, 6.45) is 7.91. The van der Waals surface area contributed by atoms with E-state index in [-0.39, 0.29) is 28.2 Å². The number of aromatic nitrogens is 1. The van der Waals surface area contributed by atoms with Gasteiger partial charge in [0.15, 0.2) is 17.0 Å². The zero-order valence-corrected chi connectivity index (χ0v) is 18.2. The Morgan fingerprint density at radius 2 is 1.94 bits per heavy atom. The summed E-state index contributed by atoms with van der Waals surface area (Å²) < 4.78 is 23.1. The van der Waals surface area contributed by atoms with E-state index < -0.39 is 5.82 Å². The summed E-state index contributed by atoms with van der Waals surface area (Å²) in [6.45, 7) is 2.32. The van der Waals surface area contributed by atoms with Gasteiger partial charge in [-0.1, -0.05) is 43.2 Å². The summed E-state index contributed by atoms with van der Waals surface area (Å²) >= 11 is 0. The summed E-state index contributed by atoms with van der Waals surface area (Å²) in [4.78, 5) is 12.9. The highest BCUT2D eigenvalue weighted by molar-refractivity contribution is 6.00. The average molecular weight is 424 g/mol. The maximum absolute atomic E-state index is 15.3. The molecule has 1 heterocycles. The molecule has 1 aliphatic carbocycles. The number of pyridine rings is 1. The number of aryl methyl sites for hydroxylation is 2. The molecule has 31 heavy (non-hydrogen) atoms. The molecule has 0 atom stereocenters. The number of nitrogens with two attached hydrogens (primary N) is 1. The van der Waals surface area contributed by atoms with Crippen LogP contribution >= 0.6 is 0 Å². The van der Waals surface area contributed by atoms with Gasteiger partial charge in [0.05, 0.1) is 23.7 Å². The number of rotatable bonds is 7. The van der Waals surface area contributed by atoms with Crippen molar-refractivity contribution < 1.29 is 9.13 Å². The van der Waals surface area contributed by atoms with Crippen molar-refractivity contribution in [3.63, 3.8) is 0 Å². The number of nitrogens with zero attached hydrogens (tertiary/aromatic N) is 1. The lowest BCUT2D eigenvalue weighted by molar-refractivity contribution is 0.412. The van der Waals surface area contributed by atoms with Crippen molar-refractivity contribution >= 4 is 22.3 Å². The average Bonchev–Trinajstić information content (AvgIpc) is 3.32. The Labute approximate surface area is 182 Å². The Morgan fingerprint density at radius 1 is 1.23 bits per heavy atom. The number of hydrogen-bond donors (Lipinski definition) is 2. The fraction of sp³-hybridized carbons (Fsp3) is 0.400. The molecule has 3 aromatic rings. The molecule has 1 fully saturated rings. The lowest BCUT2D eigenvalue weighted by atomic mass is 10.0. The van der Waals surface area contributed by atoms with Crippen LogP contribution < -0.4 is 21.2 Å². The molecular weight excluding hydrogens is 393 g/mol. The monoisotopic (exact) mass is 423 g/mol. The first-order valence-electron chi connectivity index (χ1n) is 11.0. The number of anilines is 2. The Bertz CT molecular complexity index is 1140. The van der Waals surface area contributed by atoms with Gasteiger partial charge in [-0.15, -0.1) is 0 Å². The van der Waals surface area contributed by atoms with Crippen molar-refractivity contribution in [3.8, 4) is 5.75 Å². The van der Waals surface area contributed by atoms with E-state index in [1.165, 1.54) is 12.7 Å². The van der Waals surface area contributed by atoms with Crippen LogP contribution in [0.3, 0.4) is 0 Å². The summed E-state index contributed by atoms with van der Waals surface area (Å²) in [6, 6.07) is 10.4. The van der Waals surface area contributed by atoms with Gasteiger partial charge < -0.3 is 20.4 Å². The number of benzene rings is 2. The fourth-order valence-corrected chi connectivity index (χ4v) is 4.69. The van der Waals surface area contributed by atoms with E-state index in [2.05, 4.69) is 22.0 Å². The van der Waals surface area contributed by atoms with E-state index in [9.17, 15) is 4.79 Å². The van der Waals surface area contributed by atoms with Crippen LogP contribution in [0.1, 0.15) is 49.3 Å². The van der Waals surface area contributed by atoms with Gasteiger partial charge in [0, 0.05) is 24.3 Å². The molecule has 1 aromatic heterocycles. The van der Waals surface area contributed by atoms with Gasteiger partial charge in [-0.3, -0.25) is 4.79 Å². The molecule has 0 unspecified atom stereocenters. The second-order valence-corrected chi connectivity index (χ2v) is 8.36. The van der Waals surface area contributed by atoms with Crippen molar-refractivity contribution in [3.05, 3.63) is 63.7 Å². The first-order valence-corrected chi connectivity index (χ1v) is 11.0. The van der Waals surface area contributed by atoms with E-state index in [4.69, 9.17) is 10.5 Å². The highest BCUT2D eigenvalue weighted by Crippen LogP contribution is 2.42. The van der Waals surface area contributed by atoms with Crippen molar-refractivity contribution in [2.75, 3.05) is 24.7 Å². The Hall–Kier alpha value is -3.02. The molecule has 0 spiro atoms. The quantitative estimate of drug-likeness (QED) is 0.405. The highest BCUT2D eigenvalue weighted by Gasteiger charge is 2.27. The van der Waals surface area contributed by atoms with Gasteiger partial charge in [0.1, 0.15) is 5.69 Å². The van der Waals surface area contributed by atoms with E-state index in [0.29, 0.717) is 23.4 Å². The van der Waals surface area contributed by atoms with Crippen LogP contribution in [0.5, 0.6) is 5.75 Å². The molecule has 0 bridgehead atoms. The van der Waals surface area contributed by atoms with Crippen molar-refractivity contribution in [2.24, 2.45) is 0 Å². The second kappa shape index (κ2) is 9.00. The van der Waals surface area contributed by atoms with Crippen molar-refractivity contribution in [2.45, 2.75) is 51.5 Å². The number of nitrogen functional groups attached to an aromatic ring is 1. The predicted octanol–water partition coefficient (Wildman–Crippen LogP) is 5.20.